The van der Waals surface area contributed by atoms with Crippen LogP contribution in [-0.2, 0) is 14.8 Å². The van der Waals surface area contributed by atoms with Gasteiger partial charge in [0.2, 0.25) is 10.0 Å². The summed E-state index contributed by atoms with van der Waals surface area (Å²) < 4.78 is 38.7. The average molecular weight is 395 g/mol. The highest BCUT2D eigenvalue weighted by Gasteiger charge is 2.35. The van der Waals surface area contributed by atoms with E-state index in [2.05, 4.69) is 10.6 Å². The van der Waals surface area contributed by atoms with Crippen molar-refractivity contribution < 1.29 is 22.7 Å². The number of carbonyl (C=O) groups is 1. The number of sulfonamides is 1. The number of fused-ring (bicyclic) bond motifs is 1. The molecule has 27 heavy (non-hydrogen) atoms. The Balaban J connectivity index is 1.56. The Kier molecular flexibility index (Phi) is 5.00. The van der Waals surface area contributed by atoms with Crippen LogP contribution in [0, 0.1) is 5.92 Å². The number of carbonyl (C=O) groups excluding carboxylic acids is 1. The van der Waals surface area contributed by atoms with Gasteiger partial charge in [-0.25, -0.2) is 8.42 Å². The van der Waals surface area contributed by atoms with Crippen molar-refractivity contribution in [3.8, 4) is 11.5 Å². The Labute approximate surface area is 159 Å². The highest BCUT2D eigenvalue weighted by Crippen LogP contribution is 2.39. The number of hydrogen-bond donors (Lipinski definition) is 2. The minimum Gasteiger partial charge on any atom is -0.495 e. The zero-order valence-electron chi connectivity index (χ0n) is 15.4. The Morgan fingerprint density at radius 3 is 2.67 bits per heavy atom. The average Bonchev–Trinajstić information content (AvgIpc) is 3.21. The van der Waals surface area contributed by atoms with E-state index in [1.807, 2.05) is 0 Å². The van der Waals surface area contributed by atoms with Crippen molar-refractivity contribution in [2.45, 2.75) is 36.6 Å². The van der Waals surface area contributed by atoms with Gasteiger partial charge < -0.3 is 20.1 Å². The lowest BCUT2D eigenvalue weighted by atomic mass is 9.89. The number of piperidine rings is 1. The lowest BCUT2D eigenvalue weighted by Gasteiger charge is -2.34. The molecule has 9 heteroatoms. The minimum absolute atomic E-state index is 0.0809. The van der Waals surface area contributed by atoms with Gasteiger partial charge in [0, 0.05) is 31.3 Å². The molecule has 3 aliphatic rings. The van der Waals surface area contributed by atoms with Crippen molar-refractivity contribution in [3.63, 3.8) is 0 Å². The van der Waals surface area contributed by atoms with E-state index in [0.29, 0.717) is 36.5 Å². The predicted molar refractivity (Wildman–Crippen MR) is 99.6 cm³/mol. The summed E-state index contributed by atoms with van der Waals surface area (Å²) in [7, 11) is -2.28. The van der Waals surface area contributed by atoms with Gasteiger partial charge in [-0.2, -0.15) is 4.31 Å². The molecular formula is C18H25N3O5S. The first-order valence-electron chi connectivity index (χ1n) is 9.37. The van der Waals surface area contributed by atoms with Crippen molar-refractivity contribution in [2.24, 2.45) is 5.92 Å². The lowest BCUT2D eigenvalue weighted by Crippen LogP contribution is -2.43. The molecule has 0 radical (unpaired) electrons. The number of nitrogens with one attached hydrogen (secondary N) is 2. The highest BCUT2D eigenvalue weighted by atomic mass is 32.2. The number of benzene rings is 1. The molecule has 1 aromatic rings. The number of nitrogens with zero attached hydrogens (tertiary/aromatic N) is 1. The first kappa shape index (κ1) is 18.5. The second kappa shape index (κ2) is 7.29. The van der Waals surface area contributed by atoms with Crippen LogP contribution in [0.2, 0.25) is 0 Å². The van der Waals surface area contributed by atoms with Crippen molar-refractivity contribution in [1.82, 2.24) is 9.62 Å². The zero-order valence-corrected chi connectivity index (χ0v) is 16.2. The summed E-state index contributed by atoms with van der Waals surface area (Å²) >= 11 is 0. The third-order valence-corrected chi connectivity index (χ3v) is 7.60. The SMILES string of the molecule is COc1cc2c(cc1S(=O)(=O)N1CCC(C3CCCN3)CC1)OCC(=O)N2. The van der Waals surface area contributed by atoms with Gasteiger partial charge in [0.05, 0.1) is 12.8 Å². The third kappa shape index (κ3) is 3.51. The molecule has 2 N–H and O–H groups in total. The molecule has 0 bridgehead atoms. The monoisotopic (exact) mass is 395 g/mol. The molecule has 0 aromatic heterocycles. The number of methoxy groups -OCH3 is 1. The van der Waals surface area contributed by atoms with E-state index in [1.54, 1.807) is 0 Å². The summed E-state index contributed by atoms with van der Waals surface area (Å²) in [6.45, 7) is 1.94. The van der Waals surface area contributed by atoms with E-state index in [9.17, 15) is 13.2 Å². The van der Waals surface area contributed by atoms with Crippen molar-refractivity contribution in [3.05, 3.63) is 12.1 Å². The van der Waals surface area contributed by atoms with Crippen LogP contribution in [0.3, 0.4) is 0 Å². The molecular weight excluding hydrogens is 370 g/mol. The summed E-state index contributed by atoms with van der Waals surface area (Å²) in [5.41, 5.74) is 0.424. The molecule has 0 saturated carbocycles. The second-order valence-corrected chi connectivity index (χ2v) is 9.19. The van der Waals surface area contributed by atoms with Gasteiger partial charge in [-0.15, -0.1) is 0 Å². The maximum atomic E-state index is 13.2. The molecule has 4 rings (SSSR count). The topological polar surface area (TPSA) is 97.0 Å². The first-order valence-corrected chi connectivity index (χ1v) is 10.8. The van der Waals surface area contributed by atoms with Crippen molar-refractivity contribution in [1.29, 1.82) is 0 Å². The van der Waals surface area contributed by atoms with Crippen LogP contribution in [0.15, 0.2) is 17.0 Å². The molecule has 0 spiro atoms. The van der Waals surface area contributed by atoms with Gasteiger partial charge in [-0.05, 0) is 38.1 Å². The maximum absolute atomic E-state index is 13.2. The Morgan fingerprint density at radius 1 is 1.22 bits per heavy atom. The van der Waals surface area contributed by atoms with Gasteiger partial charge in [0.25, 0.3) is 5.91 Å². The molecule has 2 fully saturated rings. The van der Waals surface area contributed by atoms with Crippen LogP contribution >= 0.6 is 0 Å². The Bertz CT molecular complexity index is 828. The van der Waals surface area contributed by atoms with Crippen molar-refractivity contribution in [2.75, 3.05) is 38.7 Å². The fourth-order valence-corrected chi connectivity index (χ4v) is 5.84. The molecule has 0 aliphatic carbocycles. The van der Waals surface area contributed by atoms with E-state index >= 15 is 0 Å². The molecule has 148 valence electrons. The largest absolute Gasteiger partial charge is 0.495 e. The Morgan fingerprint density at radius 2 is 2.00 bits per heavy atom. The first-order chi connectivity index (χ1) is 13.0. The number of rotatable bonds is 4. The summed E-state index contributed by atoms with van der Waals surface area (Å²) in [4.78, 5) is 11.6. The molecule has 3 heterocycles. The van der Waals surface area contributed by atoms with Crippen LogP contribution in [0.1, 0.15) is 25.7 Å². The van der Waals surface area contributed by atoms with Crippen molar-refractivity contribution >= 4 is 21.6 Å². The van der Waals surface area contributed by atoms with Gasteiger partial charge in [0.1, 0.15) is 16.4 Å². The lowest BCUT2D eigenvalue weighted by molar-refractivity contribution is -0.118. The normalized spacial score (nSPS) is 24.2. The zero-order chi connectivity index (χ0) is 19.0. The summed E-state index contributed by atoms with van der Waals surface area (Å²) in [6, 6.07) is 3.48. The van der Waals surface area contributed by atoms with Crippen LogP contribution in [0.5, 0.6) is 11.5 Å². The van der Waals surface area contributed by atoms with Gasteiger partial charge in [0.15, 0.2) is 6.61 Å². The fourth-order valence-electron chi connectivity index (χ4n) is 4.22. The molecule has 1 unspecified atom stereocenters. The molecule has 1 amide bonds. The predicted octanol–water partition coefficient (Wildman–Crippen LogP) is 1.18. The molecule has 1 aromatic carbocycles. The van der Waals surface area contributed by atoms with E-state index < -0.39 is 10.0 Å². The standard InChI is InChI=1S/C18H25N3O5S/c1-25-16-9-14-15(26-11-18(22)20-14)10-17(16)27(23,24)21-7-4-12(5-8-21)13-3-2-6-19-13/h9-10,12-13,19H,2-8,11H2,1H3,(H,20,22). The van der Waals surface area contributed by atoms with E-state index in [0.717, 1.165) is 19.4 Å². The van der Waals surface area contributed by atoms with Crippen LogP contribution < -0.4 is 20.1 Å². The van der Waals surface area contributed by atoms with Gasteiger partial charge in [-0.1, -0.05) is 0 Å². The molecule has 3 aliphatic heterocycles. The molecule has 2 saturated heterocycles. The van der Waals surface area contributed by atoms with E-state index in [1.165, 1.54) is 36.4 Å². The quantitative estimate of drug-likeness (QED) is 0.795. The number of hydrogen-bond acceptors (Lipinski definition) is 6. The van der Waals surface area contributed by atoms with Crippen LogP contribution in [-0.4, -0.2) is 58.0 Å². The maximum Gasteiger partial charge on any atom is 0.262 e. The number of ether oxygens (including phenoxy) is 2. The summed E-state index contributed by atoms with van der Waals surface area (Å²) in [5, 5.41) is 6.20. The van der Waals surface area contributed by atoms with Crippen LogP contribution in [0.4, 0.5) is 5.69 Å². The minimum atomic E-state index is -3.70. The smallest absolute Gasteiger partial charge is 0.262 e. The Hall–Kier alpha value is -1.84. The van der Waals surface area contributed by atoms with E-state index in [-0.39, 0.29) is 23.2 Å². The van der Waals surface area contributed by atoms with Gasteiger partial charge >= 0.3 is 0 Å². The fraction of sp³-hybridized carbons (Fsp3) is 0.611. The van der Waals surface area contributed by atoms with E-state index in [4.69, 9.17) is 9.47 Å². The molecule has 1 atom stereocenters. The van der Waals surface area contributed by atoms with Gasteiger partial charge in [-0.3, -0.25) is 4.79 Å². The third-order valence-electron chi connectivity index (χ3n) is 5.68. The number of anilines is 1. The summed E-state index contributed by atoms with van der Waals surface area (Å²) in [5.74, 6) is 0.809. The molecule has 8 nitrogen and oxygen atoms in total. The summed E-state index contributed by atoms with van der Waals surface area (Å²) in [6.07, 6.45) is 4.10. The number of amides is 1. The second-order valence-electron chi connectivity index (χ2n) is 7.28. The van der Waals surface area contributed by atoms with Crippen LogP contribution in [0.25, 0.3) is 0 Å². The highest BCUT2D eigenvalue weighted by molar-refractivity contribution is 7.89.